The summed E-state index contributed by atoms with van der Waals surface area (Å²) in [7, 11) is -3.67. The maximum atomic E-state index is 9.67. The molecule has 0 saturated carbocycles. The molecule has 0 aliphatic rings. The number of hydrogen-bond donors (Lipinski definition) is 0. The van der Waals surface area contributed by atoms with E-state index in [1.807, 2.05) is 0 Å². The largest absolute Gasteiger partial charge is 1.00 e. The fraction of sp³-hybridized carbons (Fsp3) is 0. The summed E-state index contributed by atoms with van der Waals surface area (Å²) >= 11 is 0. The Morgan fingerprint density at radius 3 is 1.00 bits per heavy atom. The summed E-state index contributed by atoms with van der Waals surface area (Å²) in [4.78, 5) is 0. The summed E-state index contributed by atoms with van der Waals surface area (Å²) in [5.41, 5.74) is 0. The molecule has 0 heterocycles. The zero-order valence-electron chi connectivity index (χ0n) is 2.01. The first-order valence-corrected chi connectivity index (χ1v) is 0.655. The maximum absolute atomic E-state index is 9.67. The van der Waals surface area contributed by atoms with Crippen LogP contribution in [0.5, 0.6) is 0 Å². The van der Waals surface area contributed by atoms with Gasteiger partial charge in [-0.3, -0.25) is 12.9 Å². The van der Waals surface area contributed by atoms with Crippen LogP contribution in [0.15, 0.2) is 0 Å². The molecule has 0 atom stereocenters. The van der Waals surface area contributed by atoms with Gasteiger partial charge in [0.15, 0.2) is 0 Å². The van der Waals surface area contributed by atoms with Crippen molar-refractivity contribution in [2.75, 3.05) is 0 Å². The van der Waals surface area contributed by atoms with Crippen molar-refractivity contribution in [2.45, 2.75) is 0 Å². The third-order valence-corrected chi connectivity index (χ3v) is 0. The molecule has 0 nitrogen and oxygen atoms in total. The number of halogens is 3. The molecule has 5 heavy (non-hydrogen) atoms. The Kier molecular flexibility index (Phi) is 8.40. The Bertz CT molecular complexity index is 11.6. The Labute approximate surface area is 43.5 Å². The number of rotatable bonds is 0. The molecule has 0 unspecified atom stereocenters. The molecule has 0 radical (unpaired) electrons. The first-order chi connectivity index (χ1) is 1.73. The van der Waals surface area contributed by atoms with Crippen molar-refractivity contribution in [2.24, 2.45) is 0 Å². The summed E-state index contributed by atoms with van der Waals surface area (Å²) in [6, 6.07) is 0. The Morgan fingerprint density at radius 1 is 1.00 bits per heavy atom. The molecule has 0 saturated heterocycles. The van der Waals surface area contributed by atoms with Gasteiger partial charge in [-0.25, -0.2) is 0 Å². The first-order valence-electron chi connectivity index (χ1n) is 0.655. The van der Waals surface area contributed by atoms with E-state index in [1.165, 1.54) is 0 Å². The van der Waals surface area contributed by atoms with Crippen molar-refractivity contribution in [3.8, 4) is 0 Å². The van der Waals surface area contributed by atoms with E-state index >= 15 is 0 Å². The average molecular weight is 176 g/mol. The second-order valence-corrected chi connectivity index (χ2v) is 0.247. The Hall–Kier alpha value is 0.595. The molecule has 0 rings (SSSR count). The van der Waals surface area contributed by atoms with Gasteiger partial charge in [-0.1, -0.05) is 0 Å². The van der Waals surface area contributed by atoms with Crippen LogP contribution in [0.1, 0.15) is 0 Å². The minimum atomic E-state index is -3.67. The Morgan fingerprint density at radius 2 is 1.00 bits per heavy atom. The van der Waals surface area contributed by atoms with Gasteiger partial charge in [-0.05, 0) is 0 Å². The predicted molar refractivity (Wildman–Crippen MR) is 9.08 cm³/mol. The maximum Gasteiger partial charge on any atom is 1.00 e. The predicted octanol–water partition coefficient (Wildman–Crippen LogP) is 0.877. The van der Waals surface area contributed by atoms with Gasteiger partial charge in [0, 0.05) is 0 Å². The van der Waals surface area contributed by atoms with Gasteiger partial charge in [0.2, 0.25) is 0 Å². The molecule has 0 aliphatic heterocycles. The fourth-order valence-electron chi connectivity index (χ4n) is 0. The summed E-state index contributed by atoms with van der Waals surface area (Å²) in [5, 5.41) is 0. The quantitative estimate of drug-likeness (QED) is 0.480. The molecule has 0 bridgehead atoms. The minimum Gasteiger partial charge on any atom is -0.254 e. The van der Waals surface area contributed by atoms with Crippen LogP contribution in [0, 0.1) is 0 Å². The topological polar surface area (TPSA) is 0 Å². The molecule has 0 amide bonds. The van der Waals surface area contributed by atoms with Crippen molar-refractivity contribution in [1.82, 2.24) is 0 Å². The van der Waals surface area contributed by atoms with Crippen LogP contribution >= 0.6 is 0 Å². The fourth-order valence-corrected chi connectivity index (χ4v) is 0. The smallest absolute Gasteiger partial charge is 0.254 e. The molecule has 0 N–H and O–H groups in total. The third kappa shape index (κ3) is 87.4. The van der Waals surface area contributed by atoms with E-state index in [9.17, 15) is 12.9 Å². The van der Waals surface area contributed by atoms with Crippen LogP contribution < -0.4 is 0 Å². The van der Waals surface area contributed by atoms with Crippen LogP contribution in [0.3, 0.4) is 0 Å². The minimum absolute atomic E-state index is 0. The van der Waals surface area contributed by atoms with Crippen molar-refractivity contribution in [1.29, 1.82) is 0 Å². The summed E-state index contributed by atoms with van der Waals surface area (Å²) < 4.78 is 29.0. The van der Waals surface area contributed by atoms with Crippen LogP contribution in [-0.4, -0.2) is 7.54 Å². The zero-order valence-corrected chi connectivity index (χ0v) is 3.50. The Balaban J connectivity index is 0. The summed E-state index contributed by atoms with van der Waals surface area (Å²) in [6.45, 7) is 0. The molecule has 34 valence electrons. The van der Waals surface area contributed by atoms with Gasteiger partial charge < -0.3 is 0 Å². The number of hydrogen-bond acceptors (Lipinski definition) is 0. The van der Waals surface area contributed by atoms with Gasteiger partial charge in [0.1, 0.15) is 0 Å². The van der Waals surface area contributed by atoms with E-state index in [-0.39, 0.29) is 22.4 Å². The molecular formula is AgBF3+. The first kappa shape index (κ1) is 9.14. The molecule has 5 heteroatoms. The SMILES string of the molecule is FB(F)F.[Ag+]. The van der Waals surface area contributed by atoms with Gasteiger partial charge in [-0.2, -0.15) is 0 Å². The molecule has 0 aromatic carbocycles. The normalized spacial score (nSPS) is 5.40. The van der Waals surface area contributed by atoms with Gasteiger partial charge in [-0.15, -0.1) is 0 Å². The van der Waals surface area contributed by atoms with Gasteiger partial charge >= 0.3 is 29.9 Å². The second-order valence-electron chi connectivity index (χ2n) is 0.247. The summed E-state index contributed by atoms with van der Waals surface area (Å²) in [6.07, 6.45) is 0. The molecule has 0 aromatic rings. The summed E-state index contributed by atoms with van der Waals surface area (Å²) in [5.74, 6) is 0. The monoisotopic (exact) mass is 175 g/mol. The van der Waals surface area contributed by atoms with Gasteiger partial charge in [0.25, 0.3) is 0 Å². The van der Waals surface area contributed by atoms with Crippen LogP contribution in [0.4, 0.5) is 12.9 Å². The van der Waals surface area contributed by atoms with Crippen LogP contribution in [-0.2, 0) is 22.4 Å². The van der Waals surface area contributed by atoms with Crippen molar-refractivity contribution < 1.29 is 35.3 Å². The van der Waals surface area contributed by atoms with E-state index in [0.29, 0.717) is 0 Å². The van der Waals surface area contributed by atoms with E-state index < -0.39 is 7.54 Å². The molecule has 0 aromatic heterocycles. The molecular weight excluding hydrogens is 176 g/mol. The molecule has 0 aliphatic carbocycles. The standard InChI is InChI=1S/Ag.BF3/c;2-1(3)4/q+1;. The average Bonchev–Trinajstić information content (AvgIpc) is 0.811. The van der Waals surface area contributed by atoms with E-state index in [4.69, 9.17) is 0 Å². The third-order valence-electron chi connectivity index (χ3n) is 0. The molecule has 0 spiro atoms. The van der Waals surface area contributed by atoms with Gasteiger partial charge in [0.05, 0.1) is 0 Å². The second kappa shape index (κ2) is 4.60. The van der Waals surface area contributed by atoms with Crippen molar-refractivity contribution in [3.63, 3.8) is 0 Å². The zero-order chi connectivity index (χ0) is 3.58. The van der Waals surface area contributed by atoms with Crippen LogP contribution in [0.2, 0.25) is 0 Å². The molecule has 0 fully saturated rings. The van der Waals surface area contributed by atoms with E-state index in [2.05, 4.69) is 0 Å². The van der Waals surface area contributed by atoms with Crippen molar-refractivity contribution >= 4 is 7.54 Å². The van der Waals surface area contributed by atoms with Crippen LogP contribution in [0.25, 0.3) is 0 Å². The van der Waals surface area contributed by atoms with E-state index in [1.54, 1.807) is 0 Å². The van der Waals surface area contributed by atoms with Crippen molar-refractivity contribution in [3.05, 3.63) is 0 Å². The van der Waals surface area contributed by atoms with E-state index in [0.717, 1.165) is 0 Å².